The molecule has 0 aromatic heterocycles. The monoisotopic (exact) mass is 273 g/mol. The molecule has 0 aromatic rings. The zero-order valence-corrected chi connectivity index (χ0v) is 11.5. The van der Waals surface area contributed by atoms with Gasteiger partial charge in [-0.1, -0.05) is 41.6 Å². The number of likely N-dealkylation sites (tertiary alicyclic amines) is 1. The van der Waals surface area contributed by atoms with E-state index in [0.717, 1.165) is 16.8 Å². The first kappa shape index (κ1) is 11.9. The minimum atomic E-state index is 0.731. The van der Waals surface area contributed by atoms with Crippen LogP contribution in [0.25, 0.3) is 0 Å². The molecule has 2 rings (SSSR count). The van der Waals surface area contributed by atoms with Gasteiger partial charge in [0, 0.05) is 10.9 Å². The highest BCUT2D eigenvalue weighted by Crippen LogP contribution is 2.29. The van der Waals surface area contributed by atoms with Gasteiger partial charge in [0.15, 0.2) is 0 Å². The second-order valence-corrected chi connectivity index (χ2v) is 6.55. The van der Waals surface area contributed by atoms with Crippen molar-refractivity contribution in [3.05, 3.63) is 0 Å². The van der Waals surface area contributed by atoms with Crippen molar-refractivity contribution < 1.29 is 0 Å². The fourth-order valence-electron chi connectivity index (χ4n) is 3.13. The Balaban J connectivity index is 1.72. The zero-order valence-electron chi connectivity index (χ0n) is 9.92. The van der Waals surface area contributed by atoms with Gasteiger partial charge in [-0.3, -0.25) is 4.90 Å². The SMILES string of the molecule is CC1C(Br)CCCN1CCC1CCCC1. The summed E-state index contributed by atoms with van der Waals surface area (Å²) in [6.45, 7) is 5.05. The van der Waals surface area contributed by atoms with Gasteiger partial charge in [-0.2, -0.15) is 0 Å². The summed E-state index contributed by atoms with van der Waals surface area (Å²) in [6, 6.07) is 0.750. The lowest BCUT2D eigenvalue weighted by Gasteiger charge is -2.37. The van der Waals surface area contributed by atoms with E-state index in [1.807, 2.05) is 0 Å². The van der Waals surface area contributed by atoms with Gasteiger partial charge < -0.3 is 0 Å². The highest BCUT2D eigenvalue weighted by atomic mass is 79.9. The summed E-state index contributed by atoms with van der Waals surface area (Å²) in [5, 5.41) is 0. The number of hydrogen-bond acceptors (Lipinski definition) is 1. The molecular formula is C13H24BrN. The summed E-state index contributed by atoms with van der Waals surface area (Å²) in [5.41, 5.74) is 0. The molecule has 1 aliphatic carbocycles. The lowest BCUT2D eigenvalue weighted by molar-refractivity contribution is 0.158. The van der Waals surface area contributed by atoms with Crippen LogP contribution in [-0.4, -0.2) is 28.9 Å². The van der Waals surface area contributed by atoms with E-state index >= 15 is 0 Å². The van der Waals surface area contributed by atoms with Crippen molar-refractivity contribution in [2.24, 2.45) is 5.92 Å². The molecule has 0 spiro atoms. The molecule has 2 unspecified atom stereocenters. The molecule has 2 heteroatoms. The first-order chi connectivity index (χ1) is 7.27. The minimum absolute atomic E-state index is 0.731. The molecule has 0 aromatic carbocycles. The summed E-state index contributed by atoms with van der Waals surface area (Å²) in [6.07, 6.45) is 10.2. The lowest BCUT2D eigenvalue weighted by Crippen LogP contribution is -2.44. The van der Waals surface area contributed by atoms with Gasteiger partial charge in [-0.25, -0.2) is 0 Å². The van der Waals surface area contributed by atoms with Crippen LogP contribution in [0.1, 0.15) is 51.9 Å². The molecule has 1 aliphatic heterocycles. The van der Waals surface area contributed by atoms with E-state index in [-0.39, 0.29) is 0 Å². The van der Waals surface area contributed by atoms with Crippen LogP contribution in [0.5, 0.6) is 0 Å². The molecule has 0 N–H and O–H groups in total. The third-order valence-corrected chi connectivity index (χ3v) is 5.55. The quantitative estimate of drug-likeness (QED) is 0.707. The third-order valence-electron chi connectivity index (χ3n) is 4.32. The first-order valence-corrected chi connectivity index (χ1v) is 7.57. The number of piperidine rings is 1. The van der Waals surface area contributed by atoms with Gasteiger partial charge in [0.1, 0.15) is 0 Å². The lowest BCUT2D eigenvalue weighted by atomic mass is 10.00. The van der Waals surface area contributed by atoms with Crippen LogP contribution in [0, 0.1) is 5.92 Å². The second kappa shape index (κ2) is 5.67. The van der Waals surface area contributed by atoms with Crippen LogP contribution in [-0.2, 0) is 0 Å². The van der Waals surface area contributed by atoms with E-state index in [1.54, 1.807) is 0 Å². The molecule has 1 saturated carbocycles. The van der Waals surface area contributed by atoms with Crippen LogP contribution < -0.4 is 0 Å². The summed E-state index contributed by atoms with van der Waals surface area (Å²) in [4.78, 5) is 3.43. The molecule has 0 amide bonds. The Morgan fingerprint density at radius 1 is 1.13 bits per heavy atom. The van der Waals surface area contributed by atoms with Crippen molar-refractivity contribution >= 4 is 15.9 Å². The van der Waals surface area contributed by atoms with Crippen LogP contribution in [0.4, 0.5) is 0 Å². The molecule has 88 valence electrons. The maximum Gasteiger partial charge on any atom is 0.0299 e. The van der Waals surface area contributed by atoms with Crippen LogP contribution in [0.15, 0.2) is 0 Å². The summed E-state index contributed by atoms with van der Waals surface area (Å²) >= 11 is 3.81. The Morgan fingerprint density at radius 3 is 2.60 bits per heavy atom. The van der Waals surface area contributed by atoms with Crippen molar-refractivity contribution in [1.29, 1.82) is 0 Å². The fourth-order valence-corrected chi connectivity index (χ4v) is 3.78. The first-order valence-electron chi connectivity index (χ1n) is 6.65. The molecule has 1 nitrogen and oxygen atoms in total. The van der Waals surface area contributed by atoms with Crippen LogP contribution >= 0.6 is 15.9 Å². The predicted octanol–water partition coefficient (Wildman–Crippen LogP) is 3.81. The van der Waals surface area contributed by atoms with E-state index in [2.05, 4.69) is 27.8 Å². The van der Waals surface area contributed by atoms with Gasteiger partial charge in [0.05, 0.1) is 0 Å². The normalized spacial score (nSPS) is 34.8. The van der Waals surface area contributed by atoms with E-state index in [4.69, 9.17) is 0 Å². The van der Waals surface area contributed by atoms with Crippen molar-refractivity contribution in [2.45, 2.75) is 62.7 Å². The summed E-state index contributed by atoms with van der Waals surface area (Å²) in [5.74, 6) is 1.05. The molecule has 2 atom stereocenters. The van der Waals surface area contributed by atoms with Gasteiger partial charge in [0.2, 0.25) is 0 Å². The molecule has 1 saturated heterocycles. The molecule has 0 radical (unpaired) electrons. The number of alkyl halides is 1. The average molecular weight is 274 g/mol. The summed E-state index contributed by atoms with van der Waals surface area (Å²) in [7, 11) is 0. The standard InChI is InChI=1S/C13H24BrN/c1-11-13(14)7-4-9-15(11)10-8-12-5-2-3-6-12/h11-13H,2-10H2,1H3. The average Bonchev–Trinajstić information content (AvgIpc) is 2.73. The van der Waals surface area contributed by atoms with E-state index in [0.29, 0.717) is 0 Å². The molecule has 1 heterocycles. The third kappa shape index (κ3) is 3.20. The molecule has 0 bridgehead atoms. The van der Waals surface area contributed by atoms with Gasteiger partial charge in [0.25, 0.3) is 0 Å². The van der Waals surface area contributed by atoms with Crippen molar-refractivity contribution in [2.75, 3.05) is 13.1 Å². The largest absolute Gasteiger partial charge is 0.300 e. The van der Waals surface area contributed by atoms with Crippen LogP contribution in [0.3, 0.4) is 0 Å². The van der Waals surface area contributed by atoms with Gasteiger partial charge in [-0.05, 0) is 45.2 Å². The highest BCUT2D eigenvalue weighted by molar-refractivity contribution is 9.09. The highest BCUT2D eigenvalue weighted by Gasteiger charge is 2.26. The molecule has 2 aliphatic rings. The fraction of sp³-hybridized carbons (Fsp3) is 1.00. The zero-order chi connectivity index (χ0) is 10.7. The van der Waals surface area contributed by atoms with Crippen molar-refractivity contribution in [3.8, 4) is 0 Å². The van der Waals surface area contributed by atoms with E-state index < -0.39 is 0 Å². The smallest absolute Gasteiger partial charge is 0.0299 e. The second-order valence-electron chi connectivity index (χ2n) is 5.37. The van der Waals surface area contributed by atoms with E-state index in [9.17, 15) is 0 Å². The van der Waals surface area contributed by atoms with Gasteiger partial charge in [-0.15, -0.1) is 0 Å². The predicted molar refractivity (Wildman–Crippen MR) is 69.6 cm³/mol. The Morgan fingerprint density at radius 2 is 1.87 bits per heavy atom. The van der Waals surface area contributed by atoms with Crippen LogP contribution in [0.2, 0.25) is 0 Å². The Hall–Kier alpha value is 0.440. The Bertz CT molecular complexity index is 189. The number of halogens is 1. The topological polar surface area (TPSA) is 3.24 Å². The Kier molecular flexibility index (Phi) is 4.51. The molecule has 2 fully saturated rings. The van der Waals surface area contributed by atoms with E-state index in [1.165, 1.54) is 58.0 Å². The minimum Gasteiger partial charge on any atom is -0.300 e. The van der Waals surface area contributed by atoms with Gasteiger partial charge >= 0.3 is 0 Å². The Labute approximate surface area is 103 Å². The number of rotatable bonds is 3. The number of hydrogen-bond donors (Lipinski definition) is 0. The van der Waals surface area contributed by atoms with Crippen molar-refractivity contribution in [3.63, 3.8) is 0 Å². The maximum absolute atomic E-state index is 3.81. The molecular weight excluding hydrogens is 250 g/mol. The summed E-state index contributed by atoms with van der Waals surface area (Å²) < 4.78 is 0. The maximum atomic E-state index is 3.81. The van der Waals surface area contributed by atoms with Crippen molar-refractivity contribution in [1.82, 2.24) is 4.90 Å². The molecule has 15 heavy (non-hydrogen) atoms. The number of nitrogens with zero attached hydrogens (tertiary/aromatic N) is 1.